The van der Waals surface area contributed by atoms with Gasteiger partial charge in [0.1, 0.15) is 0 Å². The van der Waals surface area contributed by atoms with Crippen LogP contribution in [0.15, 0.2) is 24.5 Å². The van der Waals surface area contributed by atoms with E-state index in [1.165, 1.54) is 19.1 Å². The fourth-order valence-electron chi connectivity index (χ4n) is 2.51. The number of amides is 3. The lowest BCUT2D eigenvalue weighted by atomic mass is 9.96. The van der Waals surface area contributed by atoms with Gasteiger partial charge in [0.2, 0.25) is 0 Å². The zero-order valence-electron chi connectivity index (χ0n) is 13.5. The Labute approximate surface area is 139 Å². The number of rotatable bonds is 4. The Bertz CT molecular complexity index is 596. The zero-order valence-corrected chi connectivity index (χ0v) is 13.5. The molecule has 1 aliphatic rings. The van der Waals surface area contributed by atoms with Crippen LogP contribution in [-0.4, -0.2) is 30.1 Å². The number of ether oxygens (including phenoxy) is 1. The fourth-order valence-corrected chi connectivity index (χ4v) is 2.51. The van der Waals surface area contributed by atoms with Crippen LogP contribution in [0.5, 0.6) is 0 Å². The fraction of sp³-hybridized carbons (Fsp3) is 0.500. The van der Waals surface area contributed by atoms with Gasteiger partial charge in [-0.2, -0.15) is 4.73 Å². The summed E-state index contributed by atoms with van der Waals surface area (Å²) in [5.74, 6) is -1.45. The molecule has 0 aromatic carbocycles. The summed E-state index contributed by atoms with van der Waals surface area (Å²) in [6, 6.07) is 2.07. The van der Waals surface area contributed by atoms with Gasteiger partial charge in [0.05, 0.1) is 5.56 Å². The smallest absolute Gasteiger partial charge is 0.339 e. The first-order chi connectivity index (χ1) is 11.5. The lowest BCUT2D eigenvalue weighted by Crippen LogP contribution is -2.48. The normalized spacial score (nSPS) is 16.0. The Balaban J connectivity index is 1.79. The van der Waals surface area contributed by atoms with Gasteiger partial charge >= 0.3 is 12.0 Å². The third-order valence-electron chi connectivity index (χ3n) is 3.87. The Morgan fingerprint density at radius 1 is 1.21 bits per heavy atom. The summed E-state index contributed by atoms with van der Waals surface area (Å²) in [4.78, 5) is 35.6. The van der Waals surface area contributed by atoms with Gasteiger partial charge in [0, 0.05) is 18.2 Å². The molecule has 1 aromatic heterocycles. The second kappa shape index (κ2) is 8.28. The molecule has 2 N–H and O–H groups in total. The molecule has 3 amide bonds. The zero-order chi connectivity index (χ0) is 17.5. The van der Waals surface area contributed by atoms with Crippen molar-refractivity contribution in [2.45, 2.75) is 51.2 Å². The van der Waals surface area contributed by atoms with Crippen molar-refractivity contribution in [3.05, 3.63) is 35.3 Å². The highest BCUT2D eigenvalue weighted by molar-refractivity contribution is 5.98. The van der Waals surface area contributed by atoms with E-state index in [1.807, 2.05) is 0 Å². The molecule has 0 saturated heterocycles. The van der Waals surface area contributed by atoms with Gasteiger partial charge in [-0.15, -0.1) is 0 Å². The third-order valence-corrected chi connectivity index (χ3v) is 3.87. The van der Waals surface area contributed by atoms with Crippen LogP contribution in [0.25, 0.3) is 0 Å². The second-order valence-corrected chi connectivity index (χ2v) is 5.79. The molecule has 130 valence electrons. The number of hydrogen-bond donors (Lipinski definition) is 2. The molecule has 8 nitrogen and oxygen atoms in total. The van der Waals surface area contributed by atoms with Gasteiger partial charge in [0.15, 0.2) is 18.5 Å². The standard InChI is InChI=1S/C16H21N3O5/c1-11(24-15(21)12-7-9-19(23)10-8-12)14(20)18-16(22)17-13-5-3-2-4-6-13/h7-11,13H,2-6H2,1H3,(H2,17,18,20,22)/t11-/m1/s1. The summed E-state index contributed by atoms with van der Waals surface area (Å²) in [5, 5.41) is 15.8. The highest BCUT2D eigenvalue weighted by Gasteiger charge is 2.22. The first kappa shape index (κ1) is 17.7. The average molecular weight is 335 g/mol. The Hall–Kier alpha value is -2.64. The summed E-state index contributed by atoms with van der Waals surface area (Å²) < 4.78 is 5.52. The number of carbonyl (C=O) groups excluding carboxylic acids is 3. The molecule has 0 spiro atoms. The summed E-state index contributed by atoms with van der Waals surface area (Å²) in [6.07, 6.45) is 6.27. The van der Waals surface area contributed by atoms with E-state index < -0.39 is 24.0 Å². The van der Waals surface area contributed by atoms with Crippen molar-refractivity contribution in [2.75, 3.05) is 0 Å². The second-order valence-electron chi connectivity index (χ2n) is 5.79. The van der Waals surface area contributed by atoms with Crippen LogP contribution < -0.4 is 15.4 Å². The van der Waals surface area contributed by atoms with Gasteiger partial charge in [-0.1, -0.05) is 19.3 Å². The number of urea groups is 1. The maximum Gasteiger partial charge on any atom is 0.339 e. The summed E-state index contributed by atoms with van der Waals surface area (Å²) >= 11 is 0. The maximum absolute atomic E-state index is 11.9. The van der Waals surface area contributed by atoms with Crippen molar-refractivity contribution in [1.82, 2.24) is 10.6 Å². The molecule has 1 atom stereocenters. The molecule has 8 heteroatoms. The molecule has 0 radical (unpaired) electrons. The number of aromatic nitrogens is 1. The van der Waals surface area contributed by atoms with E-state index >= 15 is 0 Å². The molecular weight excluding hydrogens is 314 g/mol. The molecule has 0 aliphatic heterocycles. The summed E-state index contributed by atoms with van der Waals surface area (Å²) in [5.41, 5.74) is 0.147. The van der Waals surface area contributed by atoms with Gasteiger partial charge in [-0.25, -0.2) is 9.59 Å². The molecule has 1 aliphatic carbocycles. The van der Waals surface area contributed by atoms with E-state index in [2.05, 4.69) is 10.6 Å². The van der Waals surface area contributed by atoms with E-state index in [0.717, 1.165) is 44.5 Å². The van der Waals surface area contributed by atoms with Crippen molar-refractivity contribution in [3.8, 4) is 0 Å². The van der Waals surface area contributed by atoms with Crippen LogP contribution in [0.2, 0.25) is 0 Å². The molecule has 24 heavy (non-hydrogen) atoms. The van der Waals surface area contributed by atoms with Crippen LogP contribution in [0, 0.1) is 5.21 Å². The van der Waals surface area contributed by atoms with Crippen LogP contribution in [0.3, 0.4) is 0 Å². The molecule has 1 saturated carbocycles. The average Bonchev–Trinajstić information content (AvgIpc) is 2.56. The number of imide groups is 1. The minimum absolute atomic E-state index is 0.0764. The monoisotopic (exact) mass is 335 g/mol. The molecule has 0 bridgehead atoms. The first-order valence-corrected chi connectivity index (χ1v) is 7.97. The molecular formula is C16H21N3O5. The quantitative estimate of drug-likeness (QED) is 0.485. The van der Waals surface area contributed by atoms with E-state index in [9.17, 15) is 19.6 Å². The molecule has 1 fully saturated rings. The molecule has 2 rings (SSSR count). The van der Waals surface area contributed by atoms with Gasteiger partial charge < -0.3 is 15.3 Å². The minimum atomic E-state index is -1.13. The van der Waals surface area contributed by atoms with Crippen LogP contribution in [0.4, 0.5) is 4.79 Å². The van der Waals surface area contributed by atoms with Gasteiger partial charge in [-0.3, -0.25) is 10.1 Å². The van der Waals surface area contributed by atoms with E-state index in [4.69, 9.17) is 4.74 Å². The maximum atomic E-state index is 11.9. The highest BCUT2D eigenvalue weighted by Crippen LogP contribution is 2.17. The first-order valence-electron chi connectivity index (χ1n) is 7.97. The number of pyridine rings is 1. The Kier molecular flexibility index (Phi) is 6.11. The SMILES string of the molecule is C[C@@H](OC(=O)c1cc[n+]([O-])cc1)C(=O)NC(=O)NC1CCCCC1. The van der Waals surface area contributed by atoms with E-state index in [-0.39, 0.29) is 11.6 Å². The van der Waals surface area contributed by atoms with Crippen LogP contribution >= 0.6 is 0 Å². The summed E-state index contributed by atoms with van der Waals surface area (Å²) in [7, 11) is 0. The number of hydrogen-bond acceptors (Lipinski definition) is 5. The van der Waals surface area contributed by atoms with E-state index in [0.29, 0.717) is 4.73 Å². The topological polar surface area (TPSA) is 111 Å². The van der Waals surface area contributed by atoms with Crippen molar-refractivity contribution >= 4 is 17.9 Å². The van der Waals surface area contributed by atoms with Crippen molar-refractivity contribution in [2.24, 2.45) is 0 Å². The van der Waals surface area contributed by atoms with Crippen LogP contribution in [0.1, 0.15) is 49.4 Å². The lowest BCUT2D eigenvalue weighted by Gasteiger charge is -2.23. The summed E-state index contributed by atoms with van der Waals surface area (Å²) in [6.45, 7) is 1.37. The van der Waals surface area contributed by atoms with Gasteiger partial charge in [-0.05, 0) is 19.8 Å². The van der Waals surface area contributed by atoms with Gasteiger partial charge in [0.25, 0.3) is 5.91 Å². The number of nitrogens with one attached hydrogen (secondary N) is 2. The number of esters is 1. The van der Waals surface area contributed by atoms with E-state index in [1.54, 1.807) is 0 Å². The predicted octanol–water partition coefficient (Wildman–Crippen LogP) is 1.02. The minimum Gasteiger partial charge on any atom is -0.619 e. The number of carbonyl (C=O) groups is 3. The molecule has 0 unspecified atom stereocenters. The molecule has 1 aromatic rings. The largest absolute Gasteiger partial charge is 0.619 e. The van der Waals surface area contributed by atoms with Crippen molar-refractivity contribution in [1.29, 1.82) is 0 Å². The Morgan fingerprint density at radius 3 is 2.46 bits per heavy atom. The lowest BCUT2D eigenvalue weighted by molar-refractivity contribution is -0.605. The third kappa shape index (κ3) is 5.22. The van der Waals surface area contributed by atoms with Crippen molar-refractivity contribution < 1.29 is 23.9 Å². The number of nitrogens with zero attached hydrogens (tertiary/aromatic N) is 1. The van der Waals surface area contributed by atoms with Crippen LogP contribution in [-0.2, 0) is 9.53 Å². The molecule has 1 heterocycles. The highest BCUT2D eigenvalue weighted by atomic mass is 16.5. The predicted molar refractivity (Wildman–Crippen MR) is 83.8 cm³/mol. The van der Waals surface area contributed by atoms with Crippen molar-refractivity contribution in [3.63, 3.8) is 0 Å². The Morgan fingerprint density at radius 2 is 1.83 bits per heavy atom.